The molecule has 0 saturated carbocycles. The summed E-state index contributed by atoms with van der Waals surface area (Å²) in [7, 11) is 0. The summed E-state index contributed by atoms with van der Waals surface area (Å²) in [5.41, 5.74) is 8.28. The van der Waals surface area contributed by atoms with E-state index in [9.17, 15) is 0 Å². The molecule has 0 heterocycles. The van der Waals surface area contributed by atoms with Crippen molar-refractivity contribution in [3.05, 3.63) is 176 Å². The number of benzene rings is 8. The minimum absolute atomic E-state index is 1.12. The third-order valence-corrected chi connectivity index (χ3v) is 8.43. The Kier molecular flexibility index (Phi) is 6.20. The molecule has 0 saturated heterocycles. The van der Waals surface area contributed by atoms with Crippen LogP contribution in [0.25, 0.3) is 54.6 Å². The van der Waals surface area contributed by atoms with Gasteiger partial charge in [0.2, 0.25) is 0 Å². The lowest BCUT2D eigenvalue weighted by Gasteiger charge is -2.26. The Morgan fingerprint density at radius 2 is 0.791 bits per heavy atom. The molecule has 8 aromatic rings. The van der Waals surface area contributed by atoms with Gasteiger partial charge in [-0.05, 0) is 97.0 Å². The number of rotatable bonds is 5. The molecule has 0 atom stereocenters. The van der Waals surface area contributed by atoms with E-state index in [0.717, 1.165) is 17.1 Å². The van der Waals surface area contributed by atoms with Crippen LogP contribution < -0.4 is 4.90 Å². The summed E-state index contributed by atoms with van der Waals surface area (Å²) in [6.07, 6.45) is 0. The van der Waals surface area contributed by atoms with Crippen LogP contribution in [0.3, 0.4) is 0 Å². The summed E-state index contributed by atoms with van der Waals surface area (Å²) < 4.78 is 0. The first kappa shape index (κ1) is 25.1. The number of hydrogen-bond acceptors (Lipinski definition) is 1. The Morgan fingerprint density at radius 3 is 1.49 bits per heavy atom. The molecular formula is C42H29N. The van der Waals surface area contributed by atoms with E-state index >= 15 is 0 Å². The van der Waals surface area contributed by atoms with Gasteiger partial charge in [0.05, 0.1) is 0 Å². The Labute approximate surface area is 251 Å². The molecule has 1 heteroatoms. The number of nitrogens with zero attached hydrogens (tertiary/aromatic N) is 1. The van der Waals surface area contributed by atoms with E-state index in [4.69, 9.17) is 0 Å². The Balaban J connectivity index is 1.23. The second-order valence-corrected chi connectivity index (χ2v) is 11.0. The van der Waals surface area contributed by atoms with E-state index < -0.39 is 0 Å². The van der Waals surface area contributed by atoms with Crippen molar-refractivity contribution in [2.75, 3.05) is 4.90 Å². The molecule has 0 N–H and O–H groups in total. The monoisotopic (exact) mass is 547 g/mol. The summed E-state index contributed by atoms with van der Waals surface area (Å²) >= 11 is 0. The van der Waals surface area contributed by atoms with Crippen molar-refractivity contribution in [1.82, 2.24) is 0 Å². The van der Waals surface area contributed by atoms with Crippen molar-refractivity contribution in [3.8, 4) is 22.3 Å². The van der Waals surface area contributed by atoms with Crippen LogP contribution >= 0.6 is 0 Å². The highest BCUT2D eigenvalue weighted by atomic mass is 15.1. The van der Waals surface area contributed by atoms with Crippen molar-refractivity contribution < 1.29 is 0 Å². The van der Waals surface area contributed by atoms with E-state index in [2.05, 4.69) is 181 Å². The van der Waals surface area contributed by atoms with Gasteiger partial charge in [-0.25, -0.2) is 0 Å². The van der Waals surface area contributed by atoms with Gasteiger partial charge in [-0.15, -0.1) is 0 Å². The van der Waals surface area contributed by atoms with Crippen LogP contribution in [0, 0.1) is 0 Å². The predicted molar refractivity (Wildman–Crippen MR) is 185 cm³/mol. The minimum atomic E-state index is 1.12. The Bertz CT molecular complexity index is 2200. The lowest BCUT2D eigenvalue weighted by molar-refractivity contribution is 1.28. The molecule has 0 aromatic heterocycles. The molecule has 0 aliphatic carbocycles. The molecule has 202 valence electrons. The highest BCUT2D eigenvalue weighted by molar-refractivity contribution is 6.23. The lowest BCUT2D eigenvalue weighted by Crippen LogP contribution is -2.09. The molecule has 8 rings (SSSR count). The van der Waals surface area contributed by atoms with E-state index in [1.165, 1.54) is 54.6 Å². The molecule has 8 aromatic carbocycles. The summed E-state index contributed by atoms with van der Waals surface area (Å²) in [6.45, 7) is 0. The summed E-state index contributed by atoms with van der Waals surface area (Å²) in [6, 6.07) is 63.3. The smallest absolute Gasteiger partial charge is 0.0462 e. The standard InChI is InChI=1S/C42H29N/c1-3-11-30(12-4-1)31-21-25-36(26-22-31)43(35-14-5-2-6-15-35)37-27-23-33(24-28-37)41-29-34-20-19-32-13-7-8-16-38(32)42(34)40-18-10-9-17-39(40)41/h1-29H. The molecule has 0 amide bonds. The van der Waals surface area contributed by atoms with Gasteiger partial charge in [0.15, 0.2) is 0 Å². The Hall–Kier alpha value is -5.66. The third-order valence-electron chi connectivity index (χ3n) is 8.43. The molecule has 1 nitrogen and oxygen atoms in total. The van der Waals surface area contributed by atoms with Crippen LogP contribution in [-0.4, -0.2) is 0 Å². The van der Waals surface area contributed by atoms with Crippen LogP contribution in [0.4, 0.5) is 17.1 Å². The number of hydrogen-bond donors (Lipinski definition) is 0. The normalized spacial score (nSPS) is 11.3. The highest BCUT2D eigenvalue weighted by Crippen LogP contribution is 2.40. The fraction of sp³-hybridized carbons (Fsp3) is 0. The fourth-order valence-corrected chi connectivity index (χ4v) is 6.37. The number of para-hydroxylation sites is 1. The van der Waals surface area contributed by atoms with Gasteiger partial charge in [0.25, 0.3) is 0 Å². The summed E-state index contributed by atoms with van der Waals surface area (Å²) in [5, 5.41) is 7.73. The first-order valence-electron chi connectivity index (χ1n) is 14.8. The van der Waals surface area contributed by atoms with Crippen molar-refractivity contribution in [3.63, 3.8) is 0 Å². The van der Waals surface area contributed by atoms with Crippen LogP contribution in [0.5, 0.6) is 0 Å². The van der Waals surface area contributed by atoms with Gasteiger partial charge in [-0.1, -0.05) is 133 Å². The molecule has 0 fully saturated rings. The molecule has 0 aliphatic heterocycles. The lowest BCUT2D eigenvalue weighted by atomic mass is 9.91. The molecule has 0 unspecified atom stereocenters. The average molecular weight is 548 g/mol. The zero-order valence-electron chi connectivity index (χ0n) is 23.7. The topological polar surface area (TPSA) is 3.24 Å². The zero-order chi connectivity index (χ0) is 28.6. The van der Waals surface area contributed by atoms with Crippen LogP contribution in [0.2, 0.25) is 0 Å². The van der Waals surface area contributed by atoms with Crippen LogP contribution in [-0.2, 0) is 0 Å². The van der Waals surface area contributed by atoms with Crippen molar-refractivity contribution in [1.29, 1.82) is 0 Å². The molecular weight excluding hydrogens is 518 g/mol. The first-order chi connectivity index (χ1) is 21.3. The molecule has 43 heavy (non-hydrogen) atoms. The quantitative estimate of drug-likeness (QED) is 0.194. The maximum atomic E-state index is 2.36. The zero-order valence-corrected chi connectivity index (χ0v) is 23.7. The van der Waals surface area contributed by atoms with Gasteiger partial charge in [-0.2, -0.15) is 0 Å². The van der Waals surface area contributed by atoms with Crippen LogP contribution in [0.1, 0.15) is 0 Å². The maximum absolute atomic E-state index is 2.36. The van der Waals surface area contributed by atoms with E-state index in [1.54, 1.807) is 0 Å². The maximum Gasteiger partial charge on any atom is 0.0462 e. The second-order valence-electron chi connectivity index (χ2n) is 11.0. The number of anilines is 3. The summed E-state index contributed by atoms with van der Waals surface area (Å²) in [5.74, 6) is 0. The fourth-order valence-electron chi connectivity index (χ4n) is 6.37. The molecule has 0 aliphatic rings. The van der Waals surface area contributed by atoms with Gasteiger partial charge in [-0.3, -0.25) is 0 Å². The van der Waals surface area contributed by atoms with Crippen molar-refractivity contribution in [2.45, 2.75) is 0 Å². The van der Waals surface area contributed by atoms with E-state index in [0.29, 0.717) is 0 Å². The van der Waals surface area contributed by atoms with Gasteiger partial charge in [0.1, 0.15) is 0 Å². The Morgan fingerprint density at radius 1 is 0.302 bits per heavy atom. The second kappa shape index (κ2) is 10.6. The van der Waals surface area contributed by atoms with Crippen molar-refractivity contribution in [2.24, 2.45) is 0 Å². The highest BCUT2D eigenvalue weighted by Gasteiger charge is 2.15. The predicted octanol–water partition coefficient (Wildman–Crippen LogP) is 11.9. The molecule has 0 radical (unpaired) electrons. The molecule has 0 spiro atoms. The minimum Gasteiger partial charge on any atom is -0.311 e. The van der Waals surface area contributed by atoms with E-state index in [-0.39, 0.29) is 0 Å². The van der Waals surface area contributed by atoms with Gasteiger partial charge >= 0.3 is 0 Å². The SMILES string of the molecule is c1ccc(-c2ccc(N(c3ccccc3)c3ccc(-c4cc5ccc6ccccc6c5c5ccccc45)cc3)cc2)cc1. The summed E-state index contributed by atoms with van der Waals surface area (Å²) in [4.78, 5) is 2.32. The largest absolute Gasteiger partial charge is 0.311 e. The van der Waals surface area contributed by atoms with E-state index in [1.807, 2.05) is 0 Å². The van der Waals surface area contributed by atoms with Crippen molar-refractivity contribution >= 4 is 49.4 Å². The van der Waals surface area contributed by atoms with Gasteiger partial charge < -0.3 is 4.90 Å². The first-order valence-corrected chi connectivity index (χ1v) is 14.8. The third kappa shape index (κ3) is 4.52. The van der Waals surface area contributed by atoms with Crippen LogP contribution in [0.15, 0.2) is 176 Å². The average Bonchev–Trinajstić information content (AvgIpc) is 3.09. The molecule has 0 bridgehead atoms. The van der Waals surface area contributed by atoms with Gasteiger partial charge in [0, 0.05) is 17.1 Å². The number of fused-ring (bicyclic) bond motifs is 5.